The predicted molar refractivity (Wildman–Crippen MR) is 122 cm³/mol. The van der Waals surface area contributed by atoms with Crippen molar-refractivity contribution in [2.24, 2.45) is 0 Å². The Morgan fingerprint density at radius 1 is 1.03 bits per heavy atom. The molecule has 0 bridgehead atoms. The molecule has 1 aliphatic heterocycles. The number of para-hydroxylation sites is 3. The minimum absolute atomic E-state index is 0.0914. The maximum absolute atomic E-state index is 13.3. The second-order valence-corrected chi connectivity index (χ2v) is 8.14. The second-order valence-electron chi connectivity index (χ2n) is 8.14. The van der Waals surface area contributed by atoms with Crippen LogP contribution in [0.2, 0.25) is 0 Å². The van der Waals surface area contributed by atoms with Gasteiger partial charge in [-0.3, -0.25) is 9.59 Å². The van der Waals surface area contributed by atoms with Crippen molar-refractivity contribution >= 4 is 29.2 Å². The minimum atomic E-state index is -0.896. The first kappa shape index (κ1) is 21.7. The van der Waals surface area contributed by atoms with E-state index in [-0.39, 0.29) is 36.3 Å². The summed E-state index contributed by atoms with van der Waals surface area (Å²) < 4.78 is 5.29. The van der Waals surface area contributed by atoms with Crippen molar-refractivity contribution in [3.05, 3.63) is 54.6 Å². The average Bonchev–Trinajstić information content (AvgIpc) is 2.80. The third kappa shape index (κ3) is 4.69. The predicted octanol–water partition coefficient (Wildman–Crippen LogP) is 3.37. The summed E-state index contributed by atoms with van der Waals surface area (Å²) in [6.45, 7) is 0. The molecule has 0 spiro atoms. The number of carbonyl (C=O) groups excluding carboxylic acids is 3. The molecule has 0 radical (unpaired) electrons. The van der Waals surface area contributed by atoms with Crippen LogP contribution in [-0.4, -0.2) is 48.0 Å². The lowest BCUT2D eigenvalue weighted by Gasteiger charge is -2.47. The molecule has 8 nitrogen and oxygen atoms in total. The summed E-state index contributed by atoms with van der Waals surface area (Å²) in [6, 6.07) is 14.7. The van der Waals surface area contributed by atoms with Gasteiger partial charge in [-0.15, -0.1) is 0 Å². The fraction of sp³-hybridized carbons (Fsp3) is 0.375. The number of rotatable bonds is 5. The van der Waals surface area contributed by atoms with Crippen molar-refractivity contribution in [2.45, 2.75) is 50.2 Å². The van der Waals surface area contributed by atoms with Gasteiger partial charge in [-0.25, -0.2) is 4.79 Å². The van der Waals surface area contributed by atoms with Crippen LogP contribution >= 0.6 is 0 Å². The number of benzene rings is 2. The van der Waals surface area contributed by atoms with E-state index in [1.807, 2.05) is 24.3 Å². The highest BCUT2D eigenvalue weighted by Gasteiger charge is 2.46. The van der Waals surface area contributed by atoms with Crippen molar-refractivity contribution in [1.82, 2.24) is 10.2 Å². The molecule has 32 heavy (non-hydrogen) atoms. The fourth-order valence-corrected chi connectivity index (χ4v) is 4.57. The van der Waals surface area contributed by atoms with Crippen LogP contribution < -0.4 is 20.7 Å². The third-order valence-corrected chi connectivity index (χ3v) is 6.07. The van der Waals surface area contributed by atoms with Crippen LogP contribution in [0.15, 0.2) is 54.6 Å². The number of ether oxygens (including phenoxy) is 1. The number of methoxy groups -OCH3 is 1. The topological polar surface area (TPSA) is 99.8 Å². The smallest absolute Gasteiger partial charge is 0.322 e. The number of hydrogen-bond donors (Lipinski definition) is 3. The monoisotopic (exact) mass is 436 g/mol. The number of carbonyl (C=O) groups is 3. The zero-order chi connectivity index (χ0) is 22.5. The lowest BCUT2D eigenvalue weighted by atomic mass is 9.85. The van der Waals surface area contributed by atoms with Gasteiger partial charge in [-0.1, -0.05) is 43.2 Å². The quantitative estimate of drug-likeness (QED) is 0.669. The molecule has 2 aromatic rings. The SMILES string of the molecule is COc1ccccc1NC(=O)C[C@@H]1C(=O)N[C@H]2CCCC[C@@H]2N1C(=O)Nc1ccccc1. The maximum atomic E-state index is 13.3. The van der Waals surface area contributed by atoms with E-state index in [1.165, 1.54) is 7.11 Å². The first-order valence-electron chi connectivity index (χ1n) is 10.9. The van der Waals surface area contributed by atoms with Gasteiger partial charge in [-0.05, 0) is 37.1 Å². The zero-order valence-electron chi connectivity index (χ0n) is 18.0. The largest absolute Gasteiger partial charge is 0.495 e. The van der Waals surface area contributed by atoms with Crippen molar-refractivity contribution in [1.29, 1.82) is 0 Å². The van der Waals surface area contributed by atoms with E-state index in [4.69, 9.17) is 4.74 Å². The fourth-order valence-electron chi connectivity index (χ4n) is 4.57. The highest BCUT2D eigenvalue weighted by atomic mass is 16.5. The lowest BCUT2D eigenvalue weighted by Crippen LogP contribution is -2.68. The van der Waals surface area contributed by atoms with Gasteiger partial charge >= 0.3 is 6.03 Å². The second kappa shape index (κ2) is 9.72. The molecule has 0 aromatic heterocycles. The molecular weight excluding hydrogens is 408 g/mol. The van der Waals surface area contributed by atoms with Crippen molar-refractivity contribution in [2.75, 3.05) is 17.7 Å². The van der Waals surface area contributed by atoms with Gasteiger partial charge < -0.3 is 25.6 Å². The Morgan fingerprint density at radius 2 is 1.75 bits per heavy atom. The van der Waals surface area contributed by atoms with Crippen LogP contribution in [0, 0.1) is 0 Å². The number of hydrogen-bond acceptors (Lipinski definition) is 4. The van der Waals surface area contributed by atoms with E-state index in [2.05, 4.69) is 16.0 Å². The van der Waals surface area contributed by atoms with Gasteiger partial charge in [0.05, 0.1) is 25.3 Å². The summed E-state index contributed by atoms with van der Waals surface area (Å²) >= 11 is 0. The molecule has 1 saturated carbocycles. The summed E-state index contributed by atoms with van der Waals surface area (Å²) in [5.74, 6) is -0.132. The molecule has 1 aliphatic carbocycles. The zero-order valence-corrected chi connectivity index (χ0v) is 18.0. The maximum Gasteiger partial charge on any atom is 0.322 e. The van der Waals surface area contributed by atoms with Crippen molar-refractivity contribution in [3.8, 4) is 5.75 Å². The van der Waals surface area contributed by atoms with Crippen LogP contribution in [0.25, 0.3) is 0 Å². The standard InChI is InChI=1S/C24H28N4O4/c1-32-21-14-8-6-12-18(21)26-22(29)15-20-23(30)27-17-11-5-7-13-19(17)28(20)24(31)25-16-9-3-2-4-10-16/h2-4,6,8-10,12,14,17,19-20H,5,7,11,13,15H2,1H3,(H,25,31)(H,26,29)(H,27,30)/t17-,19-,20+/m0/s1. The molecule has 3 N–H and O–H groups in total. The number of urea groups is 1. The molecule has 4 amide bonds. The van der Waals surface area contributed by atoms with E-state index >= 15 is 0 Å². The number of piperazine rings is 1. The van der Waals surface area contributed by atoms with Gasteiger partial charge in [0.1, 0.15) is 11.8 Å². The normalized spacial score (nSPS) is 22.3. The molecule has 2 aromatic carbocycles. The number of nitrogens with one attached hydrogen (secondary N) is 3. The van der Waals surface area contributed by atoms with E-state index in [1.54, 1.807) is 35.2 Å². The summed E-state index contributed by atoms with van der Waals surface area (Å²) in [6.07, 6.45) is 3.46. The molecule has 2 aliphatic rings. The Balaban J connectivity index is 1.55. The Bertz CT molecular complexity index is 981. The minimum Gasteiger partial charge on any atom is -0.495 e. The van der Waals surface area contributed by atoms with E-state index < -0.39 is 6.04 Å². The molecule has 1 saturated heterocycles. The molecular formula is C24H28N4O4. The molecule has 3 atom stereocenters. The van der Waals surface area contributed by atoms with Crippen LogP contribution in [0.4, 0.5) is 16.2 Å². The van der Waals surface area contributed by atoms with Crippen molar-refractivity contribution in [3.63, 3.8) is 0 Å². The first-order chi connectivity index (χ1) is 15.6. The molecule has 168 valence electrons. The number of amides is 4. The number of anilines is 2. The van der Waals surface area contributed by atoms with Gasteiger partial charge in [-0.2, -0.15) is 0 Å². The third-order valence-electron chi connectivity index (χ3n) is 6.07. The van der Waals surface area contributed by atoms with E-state index in [0.717, 1.165) is 25.7 Å². The van der Waals surface area contributed by atoms with Gasteiger partial charge in [0.2, 0.25) is 11.8 Å². The Hall–Kier alpha value is -3.55. The highest BCUT2D eigenvalue weighted by Crippen LogP contribution is 2.31. The van der Waals surface area contributed by atoms with E-state index in [0.29, 0.717) is 17.1 Å². The molecule has 0 unspecified atom stereocenters. The Kier molecular flexibility index (Phi) is 6.58. The van der Waals surface area contributed by atoms with E-state index in [9.17, 15) is 14.4 Å². The van der Waals surface area contributed by atoms with Gasteiger partial charge in [0.15, 0.2) is 0 Å². The summed E-state index contributed by atoms with van der Waals surface area (Å²) in [7, 11) is 1.53. The van der Waals surface area contributed by atoms with Crippen LogP contribution in [0.1, 0.15) is 32.1 Å². The van der Waals surface area contributed by atoms with Crippen LogP contribution in [0.5, 0.6) is 5.75 Å². The average molecular weight is 437 g/mol. The Morgan fingerprint density at radius 3 is 2.53 bits per heavy atom. The van der Waals surface area contributed by atoms with Gasteiger partial charge in [0, 0.05) is 11.7 Å². The van der Waals surface area contributed by atoms with Crippen LogP contribution in [-0.2, 0) is 9.59 Å². The summed E-state index contributed by atoms with van der Waals surface area (Å²) in [4.78, 5) is 40.7. The summed E-state index contributed by atoms with van der Waals surface area (Å²) in [5.41, 5.74) is 1.17. The number of nitrogens with zero attached hydrogens (tertiary/aromatic N) is 1. The van der Waals surface area contributed by atoms with Crippen molar-refractivity contribution < 1.29 is 19.1 Å². The molecule has 8 heteroatoms. The Labute approximate surface area is 187 Å². The molecule has 4 rings (SSSR count). The highest BCUT2D eigenvalue weighted by molar-refractivity contribution is 6.00. The van der Waals surface area contributed by atoms with Crippen LogP contribution in [0.3, 0.4) is 0 Å². The molecule has 2 fully saturated rings. The lowest BCUT2D eigenvalue weighted by molar-refractivity contribution is -0.135. The van der Waals surface area contributed by atoms with Gasteiger partial charge in [0.25, 0.3) is 0 Å². The summed E-state index contributed by atoms with van der Waals surface area (Å²) in [5, 5.41) is 8.74. The number of fused-ring (bicyclic) bond motifs is 1. The first-order valence-corrected chi connectivity index (χ1v) is 10.9. The molecule has 1 heterocycles.